The molecule has 1 amide bonds. The number of nitrogens with two attached hydrogens (primary N) is 1. The number of amides is 1. The summed E-state index contributed by atoms with van der Waals surface area (Å²) in [6.45, 7) is 1.18. The van der Waals surface area contributed by atoms with E-state index in [1.807, 2.05) is 0 Å². The molecule has 13 heavy (non-hydrogen) atoms. The summed E-state index contributed by atoms with van der Waals surface area (Å²) in [7, 11) is 1.53. The number of hydrogen-bond acceptors (Lipinski definition) is 4. The molecule has 0 aromatic heterocycles. The number of likely N-dealkylation sites (tertiary alicyclic amines) is 1. The molecule has 3 N–H and O–H groups in total. The third-order valence-corrected chi connectivity index (χ3v) is 2.25. The van der Waals surface area contributed by atoms with Crippen molar-refractivity contribution >= 4 is 5.91 Å². The maximum Gasteiger partial charge on any atom is 0.224 e. The van der Waals surface area contributed by atoms with Crippen LogP contribution in [0.1, 0.15) is 6.42 Å². The predicted octanol–water partition coefficient (Wildman–Crippen LogP) is -1.45. The first-order chi connectivity index (χ1) is 6.19. The molecule has 0 spiro atoms. The van der Waals surface area contributed by atoms with E-state index in [1.165, 1.54) is 7.11 Å². The molecule has 0 aromatic rings. The lowest BCUT2D eigenvalue weighted by Crippen LogP contribution is -2.31. The Morgan fingerprint density at radius 2 is 2.38 bits per heavy atom. The van der Waals surface area contributed by atoms with Crippen LogP contribution in [0.5, 0.6) is 0 Å². The standard InChI is InChI=1S/C8H16N2O3/c1-13-7-5-10(4-6(7)11)8(12)2-3-9/h6-7,11H,2-5,9H2,1H3/t6-,7+/m0/s1. The van der Waals surface area contributed by atoms with E-state index < -0.39 is 6.10 Å². The zero-order chi connectivity index (χ0) is 9.84. The first-order valence-corrected chi connectivity index (χ1v) is 4.37. The molecule has 0 unspecified atom stereocenters. The Labute approximate surface area is 77.5 Å². The maximum absolute atomic E-state index is 11.3. The Balaban J connectivity index is 2.43. The number of aliphatic hydroxyl groups excluding tert-OH is 1. The monoisotopic (exact) mass is 188 g/mol. The van der Waals surface area contributed by atoms with Gasteiger partial charge in [-0.05, 0) is 0 Å². The van der Waals surface area contributed by atoms with Crippen LogP contribution in [0.4, 0.5) is 0 Å². The minimum atomic E-state index is -0.563. The van der Waals surface area contributed by atoms with Gasteiger partial charge >= 0.3 is 0 Å². The van der Waals surface area contributed by atoms with Gasteiger partial charge in [-0.2, -0.15) is 0 Å². The van der Waals surface area contributed by atoms with Crippen LogP contribution >= 0.6 is 0 Å². The fourth-order valence-electron chi connectivity index (χ4n) is 1.47. The molecule has 1 fully saturated rings. The fraction of sp³-hybridized carbons (Fsp3) is 0.875. The fourth-order valence-corrected chi connectivity index (χ4v) is 1.47. The molecule has 1 saturated heterocycles. The number of aliphatic hydroxyl groups is 1. The van der Waals surface area contributed by atoms with Crippen molar-refractivity contribution in [1.29, 1.82) is 0 Å². The summed E-state index contributed by atoms with van der Waals surface area (Å²) < 4.78 is 5.01. The second kappa shape index (κ2) is 4.55. The van der Waals surface area contributed by atoms with E-state index in [0.29, 0.717) is 26.1 Å². The molecule has 1 rings (SSSR count). The average molecular weight is 188 g/mol. The van der Waals surface area contributed by atoms with E-state index >= 15 is 0 Å². The van der Waals surface area contributed by atoms with Gasteiger partial charge in [0.1, 0.15) is 6.10 Å². The molecule has 0 saturated carbocycles. The van der Waals surface area contributed by atoms with E-state index in [9.17, 15) is 9.90 Å². The predicted molar refractivity (Wildman–Crippen MR) is 47.1 cm³/mol. The molecule has 76 valence electrons. The number of rotatable bonds is 3. The smallest absolute Gasteiger partial charge is 0.224 e. The number of methoxy groups -OCH3 is 1. The van der Waals surface area contributed by atoms with Crippen LogP contribution in [0, 0.1) is 0 Å². The van der Waals surface area contributed by atoms with Gasteiger partial charge in [-0.1, -0.05) is 0 Å². The maximum atomic E-state index is 11.3. The van der Waals surface area contributed by atoms with Crippen LogP contribution < -0.4 is 5.73 Å². The summed E-state index contributed by atoms with van der Waals surface area (Å²) in [6.07, 6.45) is -0.475. The third-order valence-electron chi connectivity index (χ3n) is 2.25. The highest BCUT2D eigenvalue weighted by atomic mass is 16.5. The Hall–Kier alpha value is -0.650. The number of hydrogen-bond donors (Lipinski definition) is 2. The van der Waals surface area contributed by atoms with Crippen LogP contribution in [0.2, 0.25) is 0 Å². The summed E-state index contributed by atoms with van der Waals surface area (Å²) in [6, 6.07) is 0. The van der Waals surface area contributed by atoms with Crippen molar-refractivity contribution in [3.63, 3.8) is 0 Å². The van der Waals surface area contributed by atoms with Gasteiger partial charge in [-0.3, -0.25) is 4.79 Å². The molecule has 0 aliphatic carbocycles. The Bertz CT molecular complexity index is 186. The zero-order valence-corrected chi connectivity index (χ0v) is 7.77. The van der Waals surface area contributed by atoms with Gasteiger partial charge in [-0.25, -0.2) is 0 Å². The number of carbonyl (C=O) groups excluding carboxylic acids is 1. The minimum absolute atomic E-state index is 0.0129. The van der Waals surface area contributed by atoms with Crippen molar-refractivity contribution < 1.29 is 14.6 Å². The highest BCUT2D eigenvalue weighted by molar-refractivity contribution is 5.76. The van der Waals surface area contributed by atoms with Crippen LogP contribution in [0.25, 0.3) is 0 Å². The van der Waals surface area contributed by atoms with Gasteiger partial charge in [0.2, 0.25) is 5.91 Å². The summed E-state index contributed by atoms with van der Waals surface area (Å²) in [4.78, 5) is 12.9. The largest absolute Gasteiger partial charge is 0.388 e. The van der Waals surface area contributed by atoms with E-state index in [-0.39, 0.29) is 12.0 Å². The minimum Gasteiger partial charge on any atom is -0.388 e. The summed E-state index contributed by atoms with van der Waals surface area (Å²) >= 11 is 0. The lowest BCUT2D eigenvalue weighted by Gasteiger charge is -2.14. The summed E-state index contributed by atoms with van der Waals surface area (Å²) in [5, 5.41) is 9.43. The SMILES string of the molecule is CO[C@@H]1CN(C(=O)CCN)C[C@@H]1O. The van der Waals surface area contributed by atoms with Gasteiger partial charge in [0.05, 0.1) is 6.10 Å². The first kappa shape index (κ1) is 10.4. The van der Waals surface area contributed by atoms with E-state index in [4.69, 9.17) is 10.5 Å². The molecule has 1 heterocycles. The highest BCUT2D eigenvalue weighted by Gasteiger charge is 2.33. The second-order valence-corrected chi connectivity index (χ2v) is 3.18. The molecule has 0 radical (unpaired) electrons. The number of ether oxygens (including phenoxy) is 1. The average Bonchev–Trinajstić information content (AvgIpc) is 2.47. The highest BCUT2D eigenvalue weighted by Crippen LogP contribution is 2.13. The van der Waals surface area contributed by atoms with E-state index in [0.717, 1.165) is 0 Å². The molecule has 5 nitrogen and oxygen atoms in total. The zero-order valence-electron chi connectivity index (χ0n) is 7.77. The molecule has 1 aliphatic rings. The quantitative estimate of drug-likeness (QED) is 0.568. The van der Waals surface area contributed by atoms with Crippen LogP contribution in [-0.4, -0.2) is 54.9 Å². The van der Waals surface area contributed by atoms with Gasteiger partial charge in [-0.15, -0.1) is 0 Å². The van der Waals surface area contributed by atoms with Crippen molar-refractivity contribution in [3.8, 4) is 0 Å². The van der Waals surface area contributed by atoms with Gasteiger partial charge in [0, 0.05) is 33.2 Å². The van der Waals surface area contributed by atoms with Crippen LogP contribution in [0.3, 0.4) is 0 Å². The molecule has 0 aromatic carbocycles. The number of nitrogens with zero attached hydrogens (tertiary/aromatic N) is 1. The number of β-amino-alcohol motifs (C(OH)–C–C–N with tert-alkyl or cyclic N) is 1. The molecule has 2 atom stereocenters. The Morgan fingerprint density at radius 1 is 1.69 bits per heavy atom. The molecule has 1 aliphatic heterocycles. The van der Waals surface area contributed by atoms with Crippen molar-refractivity contribution in [1.82, 2.24) is 4.90 Å². The molecular formula is C8H16N2O3. The Kier molecular flexibility index (Phi) is 3.65. The first-order valence-electron chi connectivity index (χ1n) is 4.37. The van der Waals surface area contributed by atoms with Crippen molar-refractivity contribution in [3.05, 3.63) is 0 Å². The molecular weight excluding hydrogens is 172 g/mol. The van der Waals surface area contributed by atoms with Gasteiger partial charge in [0.25, 0.3) is 0 Å². The van der Waals surface area contributed by atoms with Crippen LogP contribution in [-0.2, 0) is 9.53 Å². The van der Waals surface area contributed by atoms with Crippen LogP contribution in [0.15, 0.2) is 0 Å². The Morgan fingerprint density at radius 3 is 2.85 bits per heavy atom. The second-order valence-electron chi connectivity index (χ2n) is 3.18. The van der Waals surface area contributed by atoms with Crippen molar-refractivity contribution in [2.45, 2.75) is 18.6 Å². The van der Waals surface area contributed by atoms with E-state index in [1.54, 1.807) is 4.90 Å². The van der Waals surface area contributed by atoms with Gasteiger partial charge < -0.3 is 20.5 Å². The van der Waals surface area contributed by atoms with E-state index in [2.05, 4.69) is 0 Å². The van der Waals surface area contributed by atoms with Crippen molar-refractivity contribution in [2.75, 3.05) is 26.7 Å². The summed E-state index contributed by atoms with van der Waals surface area (Å²) in [5.41, 5.74) is 5.26. The molecule has 5 heteroatoms. The lowest BCUT2D eigenvalue weighted by molar-refractivity contribution is -0.130. The number of carbonyl (C=O) groups is 1. The van der Waals surface area contributed by atoms with Crippen molar-refractivity contribution in [2.24, 2.45) is 5.73 Å². The molecule has 0 bridgehead atoms. The normalized spacial score (nSPS) is 28.1. The lowest BCUT2D eigenvalue weighted by atomic mass is 10.3. The van der Waals surface area contributed by atoms with Gasteiger partial charge in [0.15, 0.2) is 0 Å². The summed E-state index contributed by atoms with van der Waals surface area (Å²) in [5.74, 6) is -0.0129. The third kappa shape index (κ3) is 2.40. The topological polar surface area (TPSA) is 75.8 Å².